The Morgan fingerprint density at radius 1 is 1.20 bits per heavy atom. The second-order valence-corrected chi connectivity index (χ2v) is 6.07. The zero-order valence-corrected chi connectivity index (χ0v) is 13.2. The fourth-order valence-electron chi connectivity index (χ4n) is 2.08. The van der Waals surface area contributed by atoms with Gasteiger partial charge in [-0.05, 0) is 51.3 Å². The Balaban J connectivity index is 2.72. The molecule has 0 amide bonds. The van der Waals surface area contributed by atoms with Crippen molar-refractivity contribution in [2.75, 3.05) is 7.11 Å². The van der Waals surface area contributed by atoms with Crippen molar-refractivity contribution < 1.29 is 14.3 Å². The van der Waals surface area contributed by atoms with E-state index in [9.17, 15) is 4.79 Å². The highest BCUT2D eigenvalue weighted by Gasteiger charge is 2.24. The number of benzene rings is 1. The van der Waals surface area contributed by atoms with Gasteiger partial charge in [-0.1, -0.05) is 25.5 Å². The van der Waals surface area contributed by atoms with E-state index in [1.54, 1.807) is 7.11 Å². The first-order valence-electron chi connectivity index (χ1n) is 7.21. The smallest absolute Gasteiger partial charge is 0.309 e. The Kier molecular flexibility index (Phi) is 6.05. The van der Waals surface area contributed by atoms with Crippen LogP contribution in [0.25, 0.3) is 0 Å². The molecule has 1 aromatic rings. The maximum Gasteiger partial charge on any atom is 0.309 e. The lowest BCUT2D eigenvalue weighted by Gasteiger charge is -2.24. The van der Waals surface area contributed by atoms with Crippen LogP contribution in [0, 0.1) is 5.92 Å². The number of rotatable bonds is 6. The second-order valence-electron chi connectivity index (χ2n) is 6.07. The molecule has 0 spiro atoms. The maximum atomic E-state index is 12.2. The highest BCUT2D eigenvalue weighted by atomic mass is 16.6. The monoisotopic (exact) mass is 278 g/mol. The van der Waals surface area contributed by atoms with E-state index in [2.05, 4.69) is 6.92 Å². The van der Waals surface area contributed by atoms with Gasteiger partial charge in [0.2, 0.25) is 0 Å². The van der Waals surface area contributed by atoms with Crippen LogP contribution in [0.1, 0.15) is 46.1 Å². The number of hydrogen-bond donors (Lipinski definition) is 0. The number of hydrogen-bond acceptors (Lipinski definition) is 3. The van der Waals surface area contributed by atoms with Gasteiger partial charge in [-0.2, -0.15) is 0 Å². The molecule has 1 unspecified atom stereocenters. The van der Waals surface area contributed by atoms with Crippen molar-refractivity contribution in [3.8, 4) is 5.75 Å². The summed E-state index contributed by atoms with van der Waals surface area (Å²) in [4.78, 5) is 12.2. The van der Waals surface area contributed by atoms with Crippen molar-refractivity contribution in [3.63, 3.8) is 0 Å². The number of methoxy groups -OCH3 is 1. The van der Waals surface area contributed by atoms with E-state index in [4.69, 9.17) is 9.47 Å². The highest BCUT2D eigenvalue weighted by molar-refractivity contribution is 5.73. The molecule has 0 saturated heterocycles. The minimum absolute atomic E-state index is 0.0763. The summed E-state index contributed by atoms with van der Waals surface area (Å²) in [5.74, 6) is 0.654. The van der Waals surface area contributed by atoms with Gasteiger partial charge < -0.3 is 9.47 Å². The van der Waals surface area contributed by atoms with Gasteiger partial charge in [0, 0.05) is 0 Å². The molecule has 3 nitrogen and oxygen atoms in total. The second kappa shape index (κ2) is 7.32. The summed E-state index contributed by atoms with van der Waals surface area (Å²) in [6, 6.07) is 7.86. The van der Waals surface area contributed by atoms with Crippen LogP contribution < -0.4 is 4.74 Å². The van der Waals surface area contributed by atoms with Crippen LogP contribution in [0.2, 0.25) is 0 Å². The molecule has 1 aromatic carbocycles. The molecule has 0 fully saturated rings. The Morgan fingerprint density at radius 2 is 1.80 bits per heavy atom. The molecule has 0 aliphatic carbocycles. The van der Waals surface area contributed by atoms with Gasteiger partial charge in [0.25, 0.3) is 0 Å². The lowest BCUT2D eigenvalue weighted by atomic mass is 9.95. The fraction of sp³-hybridized carbons (Fsp3) is 0.588. The standard InChI is InChI=1S/C17H26O3/c1-6-7-14(16(18)20-17(2,3)4)12-13-8-10-15(19-5)11-9-13/h8-11,14H,6-7,12H2,1-5H3. The minimum atomic E-state index is -0.428. The Hall–Kier alpha value is -1.51. The average molecular weight is 278 g/mol. The van der Waals surface area contributed by atoms with Crippen LogP contribution in [-0.4, -0.2) is 18.7 Å². The third-order valence-corrected chi connectivity index (χ3v) is 3.02. The van der Waals surface area contributed by atoms with Gasteiger partial charge in [0.05, 0.1) is 13.0 Å². The molecule has 20 heavy (non-hydrogen) atoms. The van der Waals surface area contributed by atoms with E-state index >= 15 is 0 Å². The lowest BCUT2D eigenvalue weighted by molar-refractivity contribution is -0.160. The van der Waals surface area contributed by atoms with Crippen molar-refractivity contribution in [1.29, 1.82) is 0 Å². The largest absolute Gasteiger partial charge is 0.497 e. The number of carbonyl (C=O) groups excluding carboxylic acids is 1. The van der Waals surface area contributed by atoms with E-state index in [0.717, 1.165) is 24.2 Å². The summed E-state index contributed by atoms with van der Waals surface area (Å²) in [6.45, 7) is 7.80. The molecule has 0 N–H and O–H groups in total. The van der Waals surface area contributed by atoms with Crippen LogP contribution in [0.15, 0.2) is 24.3 Å². The first-order valence-corrected chi connectivity index (χ1v) is 7.21. The van der Waals surface area contributed by atoms with Crippen LogP contribution >= 0.6 is 0 Å². The maximum absolute atomic E-state index is 12.2. The first kappa shape index (κ1) is 16.5. The molecule has 0 saturated carbocycles. The van der Waals surface area contributed by atoms with E-state index in [1.165, 1.54) is 0 Å². The number of carbonyl (C=O) groups is 1. The van der Waals surface area contributed by atoms with Crippen LogP contribution in [0.3, 0.4) is 0 Å². The fourth-order valence-corrected chi connectivity index (χ4v) is 2.08. The van der Waals surface area contributed by atoms with Gasteiger partial charge >= 0.3 is 5.97 Å². The normalized spacial score (nSPS) is 12.8. The predicted octanol–water partition coefficient (Wildman–Crippen LogP) is 4.00. The topological polar surface area (TPSA) is 35.5 Å². The molecule has 0 radical (unpaired) electrons. The first-order chi connectivity index (χ1) is 9.35. The third kappa shape index (κ3) is 5.64. The van der Waals surface area contributed by atoms with E-state index in [0.29, 0.717) is 6.42 Å². The quantitative estimate of drug-likeness (QED) is 0.738. The zero-order valence-electron chi connectivity index (χ0n) is 13.2. The van der Waals surface area contributed by atoms with Gasteiger partial charge in [-0.15, -0.1) is 0 Å². The number of esters is 1. The summed E-state index contributed by atoms with van der Waals surface area (Å²) >= 11 is 0. The Morgan fingerprint density at radius 3 is 2.25 bits per heavy atom. The SMILES string of the molecule is CCCC(Cc1ccc(OC)cc1)C(=O)OC(C)(C)C. The van der Waals surface area contributed by atoms with Crippen LogP contribution in [0.5, 0.6) is 5.75 Å². The summed E-state index contributed by atoms with van der Waals surface area (Å²) < 4.78 is 10.6. The molecule has 0 aliphatic rings. The van der Waals surface area contributed by atoms with Gasteiger partial charge in [0.15, 0.2) is 0 Å². The Bertz CT molecular complexity index is 415. The predicted molar refractivity (Wildman–Crippen MR) is 80.9 cm³/mol. The summed E-state index contributed by atoms with van der Waals surface area (Å²) in [5.41, 5.74) is 0.707. The minimum Gasteiger partial charge on any atom is -0.497 e. The van der Waals surface area contributed by atoms with E-state index < -0.39 is 5.60 Å². The molecular weight excluding hydrogens is 252 g/mol. The molecule has 1 atom stereocenters. The summed E-state index contributed by atoms with van der Waals surface area (Å²) in [5, 5.41) is 0. The van der Waals surface area contributed by atoms with Gasteiger partial charge in [-0.3, -0.25) is 4.79 Å². The molecule has 112 valence electrons. The summed E-state index contributed by atoms with van der Waals surface area (Å²) in [7, 11) is 1.65. The summed E-state index contributed by atoms with van der Waals surface area (Å²) in [6.07, 6.45) is 2.54. The zero-order chi connectivity index (χ0) is 15.2. The van der Waals surface area contributed by atoms with Crippen LogP contribution in [-0.2, 0) is 16.0 Å². The van der Waals surface area contributed by atoms with Crippen LogP contribution in [0.4, 0.5) is 0 Å². The van der Waals surface area contributed by atoms with Crippen molar-refractivity contribution in [2.45, 2.75) is 52.6 Å². The molecule has 3 heteroatoms. The molecule has 0 aliphatic heterocycles. The lowest BCUT2D eigenvalue weighted by Crippen LogP contribution is -2.29. The molecular formula is C17H26O3. The molecule has 0 aromatic heterocycles. The Labute approximate surface area is 122 Å². The average Bonchev–Trinajstić information content (AvgIpc) is 2.37. The molecule has 1 rings (SSSR count). The number of ether oxygens (including phenoxy) is 2. The van der Waals surface area contributed by atoms with Crippen molar-refractivity contribution in [2.24, 2.45) is 5.92 Å². The van der Waals surface area contributed by atoms with Gasteiger partial charge in [-0.25, -0.2) is 0 Å². The van der Waals surface area contributed by atoms with E-state index in [-0.39, 0.29) is 11.9 Å². The van der Waals surface area contributed by atoms with Gasteiger partial charge in [0.1, 0.15) is 11.4 Å². The van der Waals surface area contributed by atoms with Crippen molar-refractivity contribution >= 4 is 5.97 Å². The molecule has 0 bridgehead atoms. The van der Waals surface area contributed by atoms with Crippen molar-refractivity contribution in [1.82, 2.24) is 0 Å². The third-order valence-electron chi connectivity index (χ3n) is 3.02. The highest BCUT2D eigenvalue weighted by Crippen LogP contribution is 2.21. The molecule has 0 heterocycles. The van der Waals surface area contributed by atoms with Crippen molar-refractivity contribution in [3.05, 3.63) is 29.8 Å². The van der Waals surface area contributed by atoms with E-state index in [1.807, 2.05) is 45.0 Å².